The number of benzene rings is 1. The Morgan fingerprint density at radius 1 is 1.65 bits per heavy atom. The first-order chi connectivity index (χ1) is 7.98. The third-order valence-electron chi connectivity index (χ3n) is 2.74. The molecule has 2 rings (SSSR count). The van der Waals surface area contributed by atoms with Crippen molar-refractivity contribution in [3.63, 3.8) is 0 Å². The number of hydrogen-bond acceptors (Lipinski definition) is 4. The van der Waals surface area contributed by atoms with Crippen molar-refractivity contribution in [2.24, 2.45) is 0 Å². The molecule has 0 radical (unpaired) electrons. The van der Waals surface area contributed by atoms with E-state index in [0.717, 1.165) is 0 Å². The average molecular weight is 257 g/mol. The van der Waals surface area contributed by atoms with Crippen LogP contribution in [-0.2, 0) is 15.1 Å². The van der Waals surface area contributed by atoms with Gasteiger partial charge in [-0.2, -0.15) is 0 Å². The van der Waals surface area contributed by atoms with E-state index in [2.05, 4.69) is 0 Å². The summed E-state index contributed by atoms with van der Waals surface area (Å²) in [7, 11) is 0. The summed E-state index contributed by atoms with van der Waals surface area (Å²) in [6.45, 7) is 3.42. The van der Waals surface area contributed by atoms with Crippen LogP contribution in [0.15, 0.2) is 18.2 Å². The first-order valence-corrected chi connectivity index (χ1v) is 5.71. The van der Waals surface area contributed by atoms with Crippen molar-refractivity contribution in [3.8, 4) is 5.75 Å². The normalized spacial score (nSPS) is 26.2. The fourth-order valence-electron chi connectivity index (χ4n) is 1.96. The lowest BCUT2D eigenvalue weighted by Gasteiger charge is -2.23. The summed E-state index contributed by atoms with van der Waals surface area (Å²) in [5.41, 5.74) is -1.04. The second-order valence-electron chi connectivity index (χ2n) is 4.01. The maximum atomic E-state index is 11.7. The van der Waals surface area contributed by atoms with Gasteiger partial charge in [0.05, 0.1) is 11.6 Å². The van der Waals surface area contributed by atoms with Crippen LogP contribution < -0.4 is 4.74 Å². The molecule has 0 unspecified atom stereocenters. The van der Waals surface area contributed by atoms with Gasteiger partial charge in [0, 0.05) is 5.56 Å². The Morgan fingerprint density at radius 3 is 2.94 bits per heavy atom. The standard InChI is InChI=1S/C12H13ClO4/c1-3-16-11(14)10-12(2,15)9-7(13)5-4-6-8(9)17-10/h4-6,10,15H,3H2,1-2H3/t10-,12-/m1/s1. The number of aliphatic hydroxyl groups is 1. The fourth-order valence-corrected chi connectivity index (χ4v) is 2.32. The topological polar surface area (TPSA) is 55.8 Å². The van der Waals surface area contributed by atoms with E-state index in [1.165, 1.54) is 6.92 Å². The summed E-state index contributed by atoms with van der Waals surface area (Å²) in [4.78, 5) is 11.7. The third-order valence-corrected chi connectivity index (χ3v) is 3.05. The molecule has 0 aliphatic carbocycles. The van der Waals surface area contributed by atoms with Gasteiger partial charge in [-0.15, -0.1) is 0 Å². The molecule has 0 bridgehead atoms. The van der Waals surface area contributed by atoms with Crippen LogP contribution in [0, 0.1) is 0 Å². The molecule has 0 fully saturated rings. The highest BCUT2D eigenvalue weighted by atomic mass is 35.5. The number of rotatable bonds is 2. The van der Waals surface area contributed by atoms with Crippen molar-refractivity contribution < 1.29 is 19.4 Å². The van der Waals surface area contributed by atoms with Crippen molar-refractivity contribution in [1.29, 1.82) is 0 Å². The van der Waals surface area contributed by atoms with Crippen LogP contribution >= 0.6 is 11.6 Å². The molecular weight excluding hydrogens is 244 g/mol. The highest BCUT2D eigenvalue weighted by Gasteiger charge is 2.50. The van der Waals surface area contributed by atoms with Crippen LogP contribution in [0.2, 0.25) is 5.02 Å². The van der Waals surface area contributed by atoms with E-state index in [4.69, 9.17) is 21.1 Å². The van der Waals surface area contributed by atoms with Gasteiger partial charge in [0.15, 0.2) is 0 Å². The summed E-state index contributed by atoms with van der Waals surface area (Å²) in [6, 6.07) is 5.01. The van der Waals surface area contributed by atoms with Crippen LogP contribution in [0.25, 0.3) is 0 Å². The van der Waals surface area contributed by atoms with E-state index < -0.39 is 17.7 Å². The van der Waals surface area contributed by atoms with E-state index in [-0.39, 0.29) is 6.61 Å². The highest BCUT2D eigenvalue weighted by Crippen LogP contribution is 2.45. The minimum absolute atomic E-state index is 0.235. The molecule has 0 spiro atoms. The average Bonchev–Trinajstić information content (AvgIpc) is 2.52. The molecular formula is C12H13ClO4. The minimum Gasteiger partial charge on any atom is -0.475 e. The Balaban J connectivity index is 2.40. The summed E-state index contributed by atoms with van der Waals surface area (Å²) < 4.78 is 10.3. The van der Waals surface area contributed by atoms with Crippen molar-refractivity contribution in [2.45, 2.75) is 25.6 Å². The number of fused-ring (bicyclic) bond motifs is 1. The van der Waals surface area contributed by atoms with Crippen LogP contribution in [-0.4, -0.2) is 23.8 Å². The molecule has 5 heteroatoms. The van der Waals surface area contributed by atoms with Crippen LogP contribution in [0.4, 0.5) is 0 Å². The summed E-state index contributed by atoms with van der Waals surface area (Å²) in [5.74, 6) is -0.176. The monoisotopic (exact) mass is 256 g/mol. The van der Waals surface area contributed by atoms with Gasteiger partial charge in [0.1, 0.15) is 11.4 Å². The van der Waals surface area contributed by atoms with Gasteiger partial charge in [-0.3, -0.25) is 0 Å². The molecule has 17 heavy (non-hydrogen) atoms. The van der Waals surface area contributed by atoms with E-state index in [1.807, 2.05) is 0 Å². The predicted octanol–water partition coefficient (Wildman–Crippen LogP) is 1.87. The quantitative estimate of drug-likeness (QED) is 0.821. The van der Waals surface area contributed by atoms with Gasteiger partial charge >= 0.3 is 5.97 Å². The maximum absolute atomic E-state index is 11.7. The Bertz CT molecular complexity index is 456. The number of esters is 1. The van der Waals surface area contributed by atoms with Crippen LogP contribution in [0.5, 0.6) is 5.75 Å². The molecule has 0 amide bonds. The molecule has 0 saturated carbocycles. The largest absolute Gasteiger partial charge is 0.475 e. The second kappa shape index (κ2) is 4.20. The van der Waals surface area contributed by atoms with Crippen LogP contribution in [0.1, 0.15) is 19.4 Å². The molecule has 0 aromatic heterocycles. The summed E-state index contributed by atoms with van der Waals surface area (Å²) >= 11 is 6.01. The van der Waals surface area contributed by atoms with E-state index in [1.54, 1.807) is 25.1 Å². The van der Waals surface area contributed by atoms with Crippen molar-refractivity contribution >= 4 is 17.6 Å². The first-order valence-electron chi connectivity index (χ1n) is 5.33. The summed E-state index contributed by atoms with van der Waals surface area (Å²) in [6.07, 6.45) is -1.07. The molecule has 0 saturated heterocycles. The zero-order chi connectivity index (χ0) is 12.6. The molecule has 1 N–H and O–H groups in total. The Morgan fingerprint density at radius 2 is 2.35 bits per heavy atom. The molecule has 1 aliphatic rings. The molecule has 1 aliphatic heterocycles. The minimum atomic E-state index is -1.47. The van der Waals surface area contributed by atoms with E-state index >= 15 is 0 Å². The highest BCUT2D eigenvalue weighted by molar-refractivity contribution is 6.31. The van der Waals surface area contributed by atoms with Gasteiger partial charge in [0.2, 0.25) is 6.10 Å². The lowest BCUT2D eigenvalue weighted by atomic mass is 9.92. The number of carbonyl (C=O) groups excluding carboxylic acids is 1. The van der Waals surface area contributed by atoms with Gasteiger partial charge in [-0.1, -0.05) is 17.7 Å². The lowest BCUT2D eigenvalue weighted by Crippen LogP contribution is -2.42. The number of halogens is 1. The maximum Gasteiger partial charge on any atom is 0.350 e. The Kier molecular flexibility index (Phi) is 3.02. The zero-order valence-electron chi connectivity index (χ0n) is 9.57. The SMILES string of the molecule is CCOC(=O)[C@H]1Oc2cccc(Cl)c2[C@@]1(C)O. The van der Waals surface area contributed by atoms with Crippen LogP contribution in [0.3, 0.4) is 0 Å². The van der Waals surface area contributed by atoms with Gasteiger partial charge in [-0.05, 0) is 26.0 Å². The molecule has 1 aromatic rings. The lowest BCUT2D eigenvalue weighted by molar-refractivity contribution is -0.161. The summed E-state index contributed by atoms with van der Waals surface area (Å²) in [5, 5.41) is 10.7. The second-order valence-corrected chi connectivity index (χ2v) is 4.42. The van der Waals surface area contributed by atoms with Crippen molar-refractivity contribution in [2.75, 3.05) is 6.61 Å². The first kappa shape index (κ1) is 12.2. The molecule has 1 aromatic carbocycles. The van der Waals surface area contributed by atoms with Gasteiger partial charge in [-0.25, -0.2) is 4.79 Å². The Hall–Kier alpha value is -1.26. The number of carbonyl (C=O) groups is 1. The predicted molar refractivity (Wildman–Crippen MR) is 62.1 cm³/mol. The zero-order valence-corrected chi connectivity index (χ0v) is 10.3. The molecule has 1 heterocycles. The number of hydrogen-bond donors (Lipinski definition) is 1. The van der Waals surface area contributed by atoms with E-state index in [9.17, 15) is 9.90 Å². The molecule has 92 valence electrons. The fraction of sp³-hybridized carbons (Fsp3) is 0.417. The smallest absolute Gasteiger partial charge is 0.350 e. The Labute approximate surface area is 104 Å². The van der Waals surface area contributed by atoms with Crippen molar-refractivity contribution in [1.82, 2.24) is 0 Å². The van der Waals surface area contributed by atoms with Gasteiger partial charge < -0.3 is 14.6 Å². The van der Waals surface area contributed by atoms with E-state index in [0.29, 0.717) is 16.3 Å². The van der Waals surface area contributed by atoms with Gasteiger partial charge in [0.25, 0.3) is 0 Å². The molecule has 2 atom stereocenters. The number of ether oxygens (including phenoxy) is 2. The molecule has 4 nitrogen and oxygen atoms in total. The third kappa shape index (κ3) is 1.87. The van der Waals surface area contributed by atoms with Crippen molar-refractivity contribution in [3.05, 3.63) is 28.8 Å².